The van der Waals surface area contributed by atoms with Crippen LogP contribution in [0.5, 0.6) is 0 Å². The summed E-state index contributed by atoms with van der Waals surface area (Å²) in [7, 11) is 2.20. The smallest absolute Gasteiger partial charge is 0.0393 e. The predicted octanol–water partition coefficient (Wildman–Crippen LogP) is 3.99. The molecule has 1 aromatic carbocycles. The van der Waals surface area contributed by atoms with Crippen molar-refractivity contribution in [1.29, 1.82) is 0 Å². The largest absolute Gasteiger partial charge is 0.374 e. The van der Waals surface area contributed by atoms with E-state index in [1.807, 2.05) is 0 Å². The van der Waals surface area contributed by atoms with Gasteiger partial charge in [0.1, 0.15) is 0 Å². The summed E-state index contributed by atoms with van der Waals surface area (Å²) in [5, 5.41) is 3.63. The molecule has 2 heteroatoms. The lowest BCUT2D eigenvalue weighted by atomic mass is 10.1. The molecule has 0 aliphatic heterocycles. The van der Waals surface area contributed by atoms with Gasteiger partial charge in [0.15, 0.2) is 0 Å². The van der Waals surface area contributed by atoms with Gasteiger partial charge in [0, 0.05) is 25.3 Å². The van der Waals surface area contributed by atoms with Crippen LogP contribution in [-0.2, 0) is 0 Å². The van der Waals surface area contributed by atoms with E-state index in [0.29, 0.717) is 6.04 Å². The third-order valence-corrected chi connectivity index (χ3v) is 3.75. The van der Waals surface area contributed by atoms with Crippen LogP contribution in [0, 0.1) is 6.92 Å². The average molecular weight is 262 g/mol. The standard InChI is InChI=1S/C17H30N2/c1-5-13-18-16(6-2)11-9-14-19(4)17-12-8-7-10-15(17)3/h7-8,10,12,16,18H,5-6,9,11,13-14H2,1-4H3. The quantitative estimate of drug-likeness (QED) is 0.724. The van der Waals surface area contributed by atoms with Crippen molar-refractivity contribution < 1.29 is 0 Å². The molecule has 0 amide bonds. The first kappa shape index (κ1) is 16.0. The van der Waals surface area contributed by atoms with E-state index in [4.69, 9.17) is 0 Å². The highest BCUT2D eigenvalue weighted by Crippen LogP contribution is 2.18. The Bertz CT molecular complexity index is 349. The number of hydrogen-bond acceptors (Lipinski definition) is 2. The van der Waals surface area contributed by atoms with Gasteiger partial charge in [0.25, 0.3) is 0 Å². The van der Waals surface area contributed by atoms with Crippen molar-refractivity contribution in [2.24, 2.45) is 0 Å². The molecular weight excluding hydrogens is 232 g/mol. The Morgan fingerprint density at radius 3 is 2.58 bits per heavy atom. The molecule has 0 aromatic heterocycles. The van der Waals surface area contributed by atoms with Gasteiger partial charge in [-0.15, -0.1) is 0 Å². The Balaban J connectivity index is 2.34. The number of anilines is 1. The average Bonchev–Trinajstić information content (AvgIpc) is 2.42. The second-order valence-corrected chi connectivity index (χ2v) is 5.41. The normalized spacial score (nSPS) is 12.4. The Morgan fingerprint density at radius 1 is 1.21 bits per heavy atom. The fourth-order valence-electron chi connectivity index (χ4n) is 2.49. The monoisotopic (exact) mass is 262 g/mol. The van der Waals surface area contributed by atoms with Gasteiger partial charge in [-0.3, -0.25) is 0 Å². The van der Waals surface area contributed by atoms with Crippen LogP contribution in [0.4, 0.5) is 5.69 Å². The van der Waals surface area contributed by atoms with E-state index in [2.05, 4.69) is 62.3 Å². The van der Waals surface area contributed by atoms with E-state index in [-0.39, 0.29) is 0 Å². The van der Waals surface area contributed by atoms with E-state index in [1.54, 1.807) is 0 Å². The van der Waals surface area contributed by atoms with Gasteiger partial charge in [-0.2, -0.15) is 0 Å². The van der Waals surface area contributed by atoms with E-state index >= 15 is 0 Å². The molecule has 0 bridgehead atoms. The van der Waals surface area contributed by atoms with Crippen LogP contribution in [0.25, 0.3) is 0 Å². The molecule has 0 aliphatic carbocycles. The molecule has 0 heterocycles. The van der Waals surface area contributed by atoms with Crippen molar-refractivity contribution in [3.8, 4) is 0 Å². The van der Waals surface area contributed by atoms with Crippen LogP contribution < -0.4 is 10.2 Å². The molecule has 1 rings (SSSR count). The topological polar surface area (TPSA) is 15.3 Å². The Labute approximate surface area is 119 Å². The molecule has 0 aliphatic rings. The summed E-state index contributed by atoms with van der Waals surface area (Å²) in [6, 6.07) is 9.31. The second-order valence-electron chi connectivity index (χ2n) is 5.41. The maximum atomic E-state index is 3.63. The molecule has 1 unspecified atom stereocenters. The number of hydrogen-bond donors (Lipinski definition) is 1. The van der Waals surface area contributed by atoms with Crippen molar-refractivity contribution >= 4 is 5.69 Å². The first-order chi connectivity index (χ1) is 9.19. The van der Waals surface area contributed by atoms with E-state index < -0.39 is 0 Å². The van der Waals surface area contributed by atoms with Crippen LogP contribution in [0.2, 0.25) is 0 Å². The zero-order chi connectivity index (χ0) is 14.1. The zero-order valence-corrected chi connectivity index (χ0v) is 13.1. The SMILES string of the molecule is CCCNC(CC)CCCN(C)c1ccccc1C. The van der Waals surface area contributed by atoms with Crippen LogP contribution in [0.3, 0.4) is 0 Å². The van der Waals surface area contributed by atoms with E-state index in [9.17, 15) is 0 Å². The molecule has 2 nitrogen and oxygen atoms in total. The Morgan fingerprint density at radius 2 is 1.95 bits per heavy atom. The molecule has 1 atom stereocenters. The van der Waals surface area contributed by atoms with Crippen LogP contribution in [0.15, 0.2) is 24.3 Å². The number of aryl methyl sites for hydroxylation is 1. The highest BCUT2D eigenvalue weighted by atomic mass is 15.1. The van der Waals surface area contributed by atoms with Crippen LogP contribution in [-0.4, -0.2) is 26.2 Å². The summed E-state index contributed by atoms with van der Waals surface area (Å²) < 4.78 is 0. The second kappa shape index (κ2) is 8.98. The maximum absolute atomic E-state index is 3.63. The summed E-state index contributed by atoms with van der Waals surface area (Å²) in [5.74, 6) is 0. The first-order valence-electron chi connectivity index (χ1n) is 7.69. The summed E-state index contributed by atoms with van der Waals surface area (Å²) >= 11 is 0. The van der Waals surface area contributed by atoms with E-state index in [0.717, 1.165) is 13.1 Å². The van der Waals surface area contributed by atoms with Gasteiger partial charge in [-0.1, -0.05) is 32.0 Å². The zero-order valence-electron chi connectivity index (χ0n) is 13.1. The van der Waals surface area contributed by atoms with E-state index in [1.165, 1.54) is 36.9 Å². The number of nitrogens with zero attached hydrogens (tertiary/aromatic N) is 1. The van der Waals surface area contributed by atoms with Gasteiger partial charge in [0.05, 0.1) is 0 Å². The minimum absolute atomic E-state index is 0.685. The van der Waals surface area contributed by atoms with Gasteiger partial charge in [0.2, 0.25) is 0 Å². The molecule has 0 radical (unpaired) electrons. The van der Waals surface area contributed by atoms with Crippen LogP contribution in [0.1, 0.15) is 45.1 Å². The van der Waals surface area contributed by atoms with Crippen molar-refractivity contribution in [3.63, 3.8) is 0 Å². The lowest BCUT2D eigenvalue weighted by Gasteiger charge is -2.23. The minimum atomic E-state index is 0.685. The van der Waals surface area contributed by atoms with Crippen LogP contribution >= 0.6 is 0 Å². The minimum Gasteiger partial charge on any atom is -0.374 e. The maximum Gasteiger partial charge on any atom is 0.0393 e. The van der Waals surface area contributed by atoms with Crippen molar-refractivity contribution in [3.05, 3.63) is 29.8 Å². The fraction of sp³-hybridized carbons (Fsp3) is 0.647. The Hall–Kier alpha value is -1.02. The molecule has 0 fully saturated rings. The van der Waals surface area contributed by atoms with Gasteiger partial charge < -0.3 is 10.2 Å². The molecule has 19 heavy (non-hydrogen) atoms. The summed E-state index contributed by atoms with van der Waals surface area (Å²) in [6.45, 7) is 8.97. The number of benzene rings is 1. The molecule has 0 saturated carbocycles. The molecule has 1 N–H and O–H groups in total. The predicted molar refractivity (Wildman–Crippen MR) is 86.1 cm³/mol. The molecule has 1 aromatic rings. The van der Waals surface area contributed by atoms with Crippen molar-refractivity contribution in [2.45, 2.75) is 52.5 Å². The third-order valence-electron chi connectivity index (χ3n) is 3.75. The Kier molecular flexibility index (Phi) is 7.57. The summed E-state index contributed by atoms with van der Waals surface area (Å²) in [6.07, 6.45) is 4.97. The summed E-state index contributed by atoms with van der Waals surface area (Å²) in [4.78, 5) is 2.38. The van der Waals surface area contributed by atoms with Gasteiger partial charge >= 0.3 is 0 Å². The highest BCUT2D eigenvalue weighted by Gasteiger charge is 2.07. The lowest BCUT2D eigenvalue weighted by molar-refractivity contribution is 0.457. The summed E-state index contributed by atoms with van der Waals surface area (Å²) in [5.41, 5.74) is 2.72. The van der Waals surface area contributed by atoms with Crippen molar-refractivity contribution in [2.75, 3.05) is 25.0 Å². The third kappa shape index (κ3) is 5.65. The van der Waals surface area contributed by atoms with Crippen molar-refractivity contribution in [1.82, 2.24) is 5.32 Å². The molecule has 0 spiro atoms. The number of para-hydroxylation sites is 1. The highest BCUT2D eigenvalue weighted by molar-refractivity contribution is 5.52. The molecule has 108 valence electrons. The first-order valence-corrected chi connectivity index (χ1v) is 7.69. The van der Waals surface area contributed by atoms with Gasteiger partial charge in [-0.25, -0.2) is 0 Å². The lowest BCUT2D eigenvalue weighted by Crippen LogP contribution is -2.30. The fourth-order valence-corrected chi connectivity index (χ4v) is 2.49. The van der Waals surface area contributed by atoms with Gasteiger partial charge in [-0.05, 0) is 50.8 Å². The number of nitrogens with one attached hydrogen (secondary N) is 1. The molecule has 0 saturated heterocycles. The number of rotatable bonds is 9. The molecular formula is C17H30N2.